The standard InChI is InChI=1S/C17H30N6O5/c18-6-2-1-4-12(11-24)23-16(27)10-21-14(25)8-20-15(26)9-22-17(28)13-5-3-7-19-13/h11-13,19H,1-10,18H2,(H,20,26)(H,21,25)(H,22,28)(H,23,27)/t12-,13-/m0/s1. The third kappa shape index (κ3) is 9.97. The largest absolute Gasteiger partial charge is 0.346 e. The van der Waals surface area contributed by atoms with E-state index in [1.807, 2.05) is 0 Å². The topological polar surface area (TPSA) is 172 Å². The smallest absolute Gasteiger partial charge is 0.239 e. The Hall–Kier alpha value is -2.53. The summed E-state index contributed by atoms with van der Waals surface area (Å²) in [5.41, 5.74) is 5.37. The molecule has 0 unspecified atom stereocenters. The molecule has 28 heavy (non-hydrogen) atoms. The Morgan fingerprint density at radius 2 is 1.64 bits per heavy atom. The van der Waals surface area contributed by atoms with Gasteiger partial charge in [-0.05, 0) is 45.2 Å². The summed E-state index contributed by atoms with van der Waals surface area (Å²) in [6, 6.07) is -0.895. The monoisotopic (exact) mass is 398 g/mol. The van der Waals surface area contributed by atoms with E-state index in [1.54, 1.807) is 0 Å². The molecule has 0 spiro atoms. The van der Waals surface area contributed by atoms with Gasteiger partial charge >= 0.3 is 0 Å². The van der Waals surface area contributed by atoms with Gasteiger partial charge < -0.3 is 37.1 Å². The molecule has 11 heteroatoms. The fraction of sp³-hybridized carbons (Fsp3) is 0.706. The van der Waals surface area contributed by atoms with Crippen LogP contribution in [0.25, 0.3) is 0 Å². The van der Waals surface area contributed by atoms with Crippen molar-refractivity contribution >= 4 is 29.9 Å². The van der Waals surface area contributed by atoms with Crippen LogP contribution in [-0.4, -0.2) is 74.7 Å². The minimum atomic E-state index is -0.617. The molecule has 1 fully saturated rings. The second-order valence-corrected chi connectivity index (χ2v) is 6.51. The molecule has 1 rings (SSSR count). The minimum absolute atomic E-state index is 0.228. The first-order valence-corrected chi connectivity index (χ1v) is 9.45. The summed E-state index contributed by atoms with van der Waals surface area (Å²) in [4.78, 5) is 57.8. The fourth-order valence-corrected chi connectivity index (χ4v) is 2.62. The van der Waals surface area contributed by atoms with Gasteiger partial charge in [-0.15, -0.1) is 0 Å². The van der Waals surface area contributed by atoms with E-state index in [9.17, 15) is 24.0 Å². The van der Waals surface area contributed by atoms with Gasteiger partial charge in [0.2, 0.25) is 23.6 Å². The Labute approximate surface area is 163 Å². The third-order valence-electron chi connectivity index (χ3n) is 4.17. The molecule has 1 heterocycles. The van der Waals surface area contributed by atoms with Crippen LogP contribution in [0.4, 0.5) is 0 Å². The van der Waals surface area contributed by atoms with Crippen molar-refractivity contribution in [3.63, 3.8) is 0 Å². The molecule has 4 amide bonds. The lowest BCUT2D eigenvalue weighted by atomic mass is 10.1. The lowest BCUT2D eigenvalue weighted by molar-refractivity contribution is -0.129. The van der Waals surface area contributed by atoms with Crippen LogP contribution >= 0.6 is 0 Å². The van der Waals surface area contributed by atoms with Crippen LogP contribution in [0, 0.1) is 0 Å². The normalized spacial score (nSPS) is 16.7. The number of hydrogen-bond acceptors (Lipinski definition) is 7. The zero-order valence-corrected chi connectivity index (χ0v) is 15.9. The van der Waals surface area contributed by atoms with Crippen molar-refractivity contribution in [3.05, 3.63) is 0 Å². The van der Waals surface area contributed by atoms with Crippen LogP contribution in [0.2, 0.25) is 0 Å². The van der Waals surface area contributed by atoms with Gasteiger partial charge in [0.1, 0.15) is 6.29 Å². The number of rotatable bonds is 13. The average Bonchev–Trinajstić information content (AvgIpc) is 3.23. The van der Waals surface area contributed by atoms with Crippen LogP contribution in [0.15, 0.2) is 0 Å². The molecule has 1 saturated heterocycles. The van der Waals surface area contributed by atoms with Gasteiger partial charge in [0.25, 0.3) is 0 Å². The van der Waals surface area contributed by atoms with Gasteiger partial charge in [-0.25, -0.2) is 0 Å². The second kappa shape index (κ2) is 13.6. The van der Waals surface area contributed by atoms with Crippen molar-refractivity contribution in [2.75, 3.05) is 32.7 Å². The van der Waals surface area contributed by atoms with Crippen LogP contribution in [0.3, 0.4) is 0 Å². The Bertz CT molecular complexity index is 550. The maximum absolute atomic E-state index is 11.8. The molecule has 0 aliphatic carbocycles. The summed E-state index contributed by atoms with van der Waals surface area (Å²) >= 11 is 0. The Kier molecular flexibility index (Phi) is 11.4. The summed E-state index contributed by atoms with van der Waals surface area (Å²) in [6.45, 7) is 0.438. The van der Waals surface area contributed by atoms with E-state index < -0.39 is 23.8 Å². The van der Waals surface area contributed by atoms with E-state index in [0.717, 1.165) is 25.8 Å². The predicted octanol–water partition coefficient (Wildman–Crippen LogP) is -3.10. The number of amides is 4. The van der Waals surface area contributed by atoms with E-state index in [2.05, 4.69) is 26.6 Å². The molecular formula is C17H30N6O5. The first kappa shape index (κ1) is 23.5. The molecule has 7 N–H and O–H groups in total. The van der Waals surface area contributed by atoms with E-state index >= 15 is 0 Å². The molecule has 0 aromatic heterocycles. The summed E-state index contributed by atoms with van der Waals surface area (Å²) < 4.78 is 0. The number of nitrogens with one attached hydrogen (secondary N) is 5. The Balaban J connectivity index is 2.14. The van der Waals surface area contributed by atoms with Crippen molar-refractivity contribution < 1.29 is 24.0 Å². The number of hydrogen-bond donors (Lipinski definition) is 6. The van der Waals surface area contributed by atoms with Gasteiger partial charge in [-0.3, -0.25) is 19.2 Å². The van der Waals surface area contributed by atoms with Gasteiger partial charge in [0.05, 0.1) is 31.7 Å². The number of unbranched alkanes of at least 4 members (excludes halogenated alkanes) is 1. The van der Waals surface area contributed by atoms with Crippen LogP contribution in [0.5, 0.6) is 0 Å². The summed E-state index contributed by atoms with van der Waals surface area (Å²) in [5.74, 6) is -1.81. The highest BCUT2D eigenvalue weighted by Gasteiger charge is 2.22. The lowest BCUT2D eigenvalue weighted by Crippen LogP contribution is -2.47. The quantitative estimate of drug-likeness (QED) is 0.141. The molecule has 0 aromatic rings. The van der Waals surface area contributed by atoms with Crippen LogP contribution in [0.1, 0.15) is 32.1 Å². The third-order valence-corrected chi connectivity index (χ3v) is 4.17. The van der Waals surface area contributed by atoms with E-state index in [-0.39, 0.29) is 31.6 Å². The summed E-state index contributed by atoms with van der Waals surface area (Å²) in [5, 5.41) is 12.7. The number of nitrogens with two attached hydrogens (primary N) is 1. The molecule has 0 bridgehead atoms. The molecule has 0 saturated carbocycles. The van der Waals surface area contributed by atoms with E-state index in [1.165, 1.54) is 0 Å². The average molecular weight is 398 g/mol. The van der Waals surface area contributed by atoms with Gasteiger partial charge in [-0.1, -0.05) is 0 Å². The predicted molar refractivity (Wildman–Crippen MR) is 101 cm³/mol. The molecule has 158 valence electrons. The molecule has 1 aliphatic heterocycles. The second-order valence-electron chi connectivity index (χ2n) is 6.51. The highest BCUT2D eigenvalue weighted by molar-refractivity contribution is 5.91. The summed E-state index contributed by atoms with van der Waals surface area (Å²) in [6.07, 6.45) is 4.25. The Morgan fingerprint density at radius 1 is 1.00 bits per heavy atom. The lowest BCUT2D eigenvalue weighted by Gasteiger charge is -2.13. The summed E-state index contributed by atoms with van der Waals surface area (Å²) in [7, 11) is 0. The first-order chi connectivity index (χ1) is 13.5. The fourth-order valence-electron chi connectivity index (χ4n) is 2.62. The maximum Gasteiger partial charge on any atom is 0.239 e. The van der Waals surface area contributed by atoms with Gasteiger partial charge in [-0.2, -0.15) is 0 Å². The van der Waals surface area contributed by atoms with Crippen molar-refractivity contribution in [1.29, 1.82) is 0 Å². The molecule has 1 aliphatic rings. The molecule has 0 aromatic carbocycles. The van der Waals surface area contributed by atoms with Crippen molar-refractivity contribution in [2.24, 2.45) is 5.73 Å². The molecular weight excluding hydrogens is 368 g/mol. The van der Waals surface area contributed by atoms with Crippen molar-refractivity contribution in [3.8, 4) is 0 Å². The van der Waals surface area contributed by atoms with Crippen molar-refractivity contribution in [1.82, 2.24) is 26.6 Å². The van der Waals surface area contributed by atoms with Crippen LogP contribution < -0.4 is 32.3 Å². The molecule has 11 nitrogen and oxygen atoms in total. The highest BCUT2D eigenvalue weighted by Crippen LogP contribution is 2.04. The maximum atomic E-state index is 11.8. The zero-order chi connectivity index (χ0) is 20.8. The van der Waals surface area contributed by atoms with Gasteiger partial charge in [0, 0.05) is 0 Å². The van der Waals surface area contributed by atoms with Crippen molar-refractivity contribution in [2.45, 2.75) is 44.2 Å². The van der Waals surface area contributed by atoms with E-state index in [4.69, 9.17) is 5.73 Å². The molecule has 0 radical (unpaired) electrons. The van der Waals surface area contributed by atoms with E-state index in [0.29, 0.717) is 25.7 Å². The molecule has 2 atom stereocenters. The number of carbonyl (C=O) groups excluding carboxylic acids is 5. The Morgan fingerprint density at radius 3 is 2.21 bits per heavy atom. The first-order valence-electron chi connectivity index (χ1n) is 9.45. The van der Waals surface area contributed by atoms with Gasteiger partial charge in [0.15, 0.2) is 0 Å². The number of aldehydes is 1. The zero-order valence-electron chi connectivity index (χ0n) is 15.9. The minimum Gasteiger partial charge on any atom is -0.346 e. The highest BCUT2D eigenvalue weighted by atomic mass is 16.2. The van der Waals surface area contributed by atoms with Crippen LogP contribution in [-0.2, 0) is 24.0 Å². The number of carbonyl (C=O) groups is 5. The SMILES string of the molecule is NCCCC[C@@H](C=O)NC(=O)CNC(=O)CNC(=O)CNC(=O)[C@@H]1CCCN1.